The zero-order valence-corrected chi connectivity index (χ0v) is 10.1. The number of nitrogens with zero attached hydrogens (tertiary/aromatic N) is 1. The Balaban J connectivity index is 2.45. The number of morpholine rings is 1. The SMILES string of the molecule is Cc1cccc(C(=O)O)c1N1CCOCC1C. The zero-order chi connectivity index (χ0) is 12.4. The fourth-order valence-electron chi connectivity index (χ4n) is 2.27. The van der Waals surface area contributed by atoms with Crippen molar-refractivity contribution in [1.82, 2.24) is 0 Å². The number of benzene rings is 1. The van der Waals surface area contributed by atoms with E-state index in [9.17, 15) is 9.90 Å². The molecule has 1 aromatic rings. The maximum absolute atomic E-state index is 11.3. The van der Waals surface area contributed by atoms with E-state index in [1.165, 1.54) is 0 Å². The molecule has 0 spiro atoms. The minimum atomic E-state index is -0.873. The Kier molecular flexibility index (Phi) is 3.33. The van der Waals surface area contributed by atoms with Gasteiger partial charge in [-0.05, 0) is 25.5 Å². The van der Waals surface area contributed by atoms with Crippen LogP contribution in [-0.4, -0.2) is 36.9 Å². The summed E-state index contributed by atoms with van der Waals surface area (Å²) in [5.74, 6) is -0.873. The van der Waals surface area contributed by atoms with Crippen molar-refractivity contribution < 1.29 is 14.6 Å². The molecule has 0 radical (unpaired) electrons. The van der Waals surface area contributed by atoms with Crippen molar-refractivity contribution in [2.24, 2.45) is 0 Å². The molecule has 0 aromatic heterocycles. The van der Waals surface area contributed by atoms with Gasteiger partial charge in [-0.1, -0.05) is 12.1 Å². The lowest BCUT2D eigenvalue weighted by Crippen LogP contribution is -2.44. The van der Waals surface area contributed by atoms with Crippen LogP contribution in [-0.2, 0) is 4.74 Å². The van der Waals surface area contributed by atoms with Gasteiger partial charge >= 0.3 is 5.97 Å². The Hall–Kier alpha value is -1.55. The number of para-hydroxylation sites is 1. The fourth-order valence-corrected chi connectivity index (χ4v) is 2.27. The van der Waals surface area contributed by atoms with Gasteiger partial charge in [-0.2, -0.15) is 0 Å². The van der Waals surface area contributed by atoms with Crippen LogP contribution in [0.1, 0.15) is 22.8 Å². The number of anilines is 1. The van der Waals surface area contributed by atoms with Crippen LogP contribution < -0.4 is 4.90 Å². The third kappa shape index (κ3) is 2.26. The van der Waals surface area contributed by atoms with Crippen molar-refractivity contribution in [3.8, 4) is 0 Å². The summed E-state index contributed by atoms with van der Waals surface area (Å²) in [6.45, 7) is 6.04. The van der Waals surface area contributed by atoms with E-state index in [2.05, 4.69) is 11.8 Å². The summed E-state index contributed by atoms with van der Waals surface area (Å²) in [7, 11) is 0. The van der Waals surface area contributed by atoms with Gasteiger partial charge in [0.05, 0.1) is 24.5 Å². The lowest BCUT2D eigenvalue weighted by Gasteiger charge is -2.37. The van der Waals surface area contributed by atoms with Gasteiger partial charge < -0.3 is 14.7 Å². The minimum Gasteiger partial charge on any atom is -0.478 e. The molecular weight excluding hydrogens is 218 g/mol. The molecular formula is C13H17NO3. The summed E-state index contributed by atoms with van der Waals surface area (Å²) in [4.78, 5) is 13.4. The number of aryl methyl sites for hydroxylation is 1. The number of ether oxygens (including phenoxy) is 1. The van der Waals surface area contributed by atoms with Crippen molar-refractivity contribution in [3.63, 3.8) is 0 Å². The molecule has 17 heavy (non-hydrogen) atoms. The Bertz CT molecular complexity index is 431. The first kappa shape index (κ1) is 11.9. The Morgan fingerprint density at radius 1 is 1.53 bits per heavy atom. The summed E-state index contributed by atoms with van der Waals surface area (Å²) in [5, 5.41) is 9.25. The summed E-state index contributed by atoms with van der Waals surface area (Å²) in [6, 6.07) is 5.60. The maximum Gasteiger partial charge on any atom is 0.337 e. The molecule has 0 amide bonds. The minimum absolute atomic E-state index is 0.211. The number of aromatic carboxylic acids is 1. The fraction of sp³-hybridized carbons (Fsp3) is 0.462. The highest BCUT2D eigenvalue weighted by atomic mass is 16.5. The Morgan fingerprint density at radius 3 is 2.94 bits per heavy atom. The Labute approximate surface area is 101 Å². The van der Waals surface area contributed by atoms with Crippen LogP contribution in [0.2, 0.25) is 0 Å². The first-order valence-electron chi connectivity index (χ1n) is 5.78. The summed E-state index contributed by atoms with van der Waals surface area (Å²) in [5.41, 5.74) is 2.20. The maximum atomic E-state index is 11.3. The molecule has 1 aliphatic rings. The average molecular weight is 235 g/mol. The Morgan fingerprint density at radius 2 is 2.29 bits per heavy atom. The lowest BCUT2D eigenvalue weighted by molar-refractivity contribution is 0.0694. The molecule has 1 fully saturated rings. The van der Waals surface area contributed by atoms with E-state index < -0.39 is 5.97 Å². The van der Waals surface area contributed by atoms with Gasteiger partial charge in [0, 0.05) is 12.6 Å². The molecule has 0 aliphatic carbocycles. The first-order chi connectivity index (χ1) is 8.11. The van der Waals surface area contributed by atoms with Gasteiger partial charge in [-0.3, -0.25) is 0 Å². The van der Waals surface area contributed by atoms with E-state index in [0.29, 0.717) is 18.8 Å². The predicted molar refractivity (Wildman–Crippen MR) is 65.8 cm³/mol. The number of carbonyl (C=O) groups is 1. The van der Waals surface area contributed by atoms with E-state index in [1.54, 1.807) is 12.1 Å². The van der Waals surface area contributed by atoms with Crippen molar-refractivity contribution in [1.29, 1.82) is 0 Å². The van der Waals surface area contributed by atoms with Crippen LogP contribution in [0.3, 0.4) is 0 Å². The molecule has 2 rings (SSSR count). The largest absolute Gasteiger partial charge is 0.478 e. The molecule has 4 nitrogen and oxygen atoms in total. The quantitative estimate of drug-likeness (QED) is 0.850. The smallest absolute Gasteiger partial charge is 0.337 e. The first-order valence-corrected chi connectivity index (χ1v) is 5.78. The van der Waals surface area contributed by atoms with E-state index in [0.717, 1.165) is 17.8 Å². The standard InChI is InChI=1S/C13H17NO3/c1-9-4-3-5-11(13(15)16)12(9)14-6-7-17-8-10(14)2/h3-5,10H,6-8H2,1-2H3,(H,15,16). The average Bonchev–Trinajstić information content (AvgIpc) is 2.30. The van der Waals surface area contributed by atoms with Crippen LogP contribution in [0.5, 0.6) is 0 Å². The molecule has 1 aliphatic heterocycles. The molecule has 1 unspecified atom stereocenters. The topological polar surface area (TPSA) is 49.8 Å². The van der Waals surface area contributed by atoms with E-state index in [1.807, 2.05) is 13.0 Å². The van der Waals surface area contributed by atoms with Crippen molar-refractivity contribution >= 4 is 11.7 Å². The number of hydrogen-bond donors (Lipinski definition) is 1. The number of carboxylic acid groups (broad SMARTS) is 1. The number of hydrogen-bond acceptors (Lipinski definition) is 3. The monoisotopic (exact) mass is 235 g/mol. The zero-order valence-electron chi connectivity index (χ0n) is 10.1. The number of carboxylic acids is 1. The van der Waals surface area contributed by atoms with Gasteiger partial charge in [-0.15, -0.1) is 0 Å². The third-order valence-corrected chi connectivity index (χ3v) is 3.12. The summed E-state index contributed by atoms with van der Waals surface area (Å²) in [6.07, 6.45) is 0. The number of rotatable bonds is 2. The molecule has 0 bridgehead atoms. The van der Waals surface area contributed by atoms with Crippen molar-refractivity contribution in [2.45, 2.75) is 19.9 Å². The van der Waals surface area contributed by atoms with Crippen molar-refractivity contribution in [2.75, 3.05) is 24.7 Å². The van der Waals surface area contributed by atoms with Crippen LogP contribution >= 0.6 is 0 Å². The molecule has 4 heteroatoms. The highest BCUT2D eigenvalue weighted by Crippen LogP contribution is 2.28. The normalized spacial score (nSPS) is 20.4. The molecule has 1 heterocycles. The highest BCUT2D eigenvalue weighted by Gasteiger charge is 2.24. The summed E-state index contributed by atoms with van der Waals surface area (Å²) < 4.78 is 5.38. The predicted octanol–water partition coefficient (Wildman–Crippen LogP) is 1.92. The molecule has 1 N–H and O–H groups in total. The van der Waals surface area contributed by atoms with Crippen molar-refractivity contribution in [3.05, 3.63) is 29.3 Å². The van der Waals surface area contributed by atoms with Gasteiger partial charge in [0.1, 0.15) is 0 Å². The van der Waals surface area contributed by atoms with Crippen LogP contribution in [0, 0.1) is 6.92 Å². The second-order valence-electron chi connectivity index (χ2n) is 4.39. The van der Waals surface area contributed by atoms with Gasteiger partial charge in [0.2, 0.25) is 0 Å². The van der Waals surface area contributed by atoms with E-state index >= 15 is 0 Å². The molecule has 0 saturated carbocycles. The lowest BCUT2D eigenvalue weighted by atomic mass is 10.0. The van der Waals surface area contributed by atoms with E-state index in [-0.39, 0.29) is 6.04 Å². The van der Waals surface area contributed by atoms with Gasteiger partial charge in [0.25, 0.3) is 0 Å². The molecule has 1 saturated heterocycles. The second kappa shape index (κ2) is 4.75. The molecule has 1 aromatic carbocycles. The molecule has 92 valence electrons. The van der Waals surface area contributed by atoms with Crippen LogP contribution in [0.4, 0.5) is 5.69 Å². The van der Waals surface area contributed by atoms with Crippen LogP contribution in [0.25, 0.3) is 0 Å². The van der Waals surface area contributed by atoms with Gasteiger partial charge in [-0.25, -0.2) is 4.79 Å². The molecule has 1 atom stereocenters. The van der Waals surface area contributed by atoms with Gasteiger partial charge in [0.15, 0.2) is 0 Å². The highest BCUT2D eigenvalue weighted by molar-refractivity contribution is 5.95. The second-order valence-corrected chi connectivity index (χ2v) is 4.39. The summed E-state index contributed by atoms with van der Waals surface area (Å²) >= 11 is 0. The third-order valence-electron chi connectivity index (χ3n) is 3.12. The van der Waals surface area contributed by atoms with Crippen LogP contribution in [0.15, 0.2) is 18.2 Å². The van der Waals surface area contributed by atoms with E-state index in [4.69, 9.17) is 4.74 Å².